The second-order valence-corrected chi connectivity index (χ2v) is 25.2. The Morgan fingerprint density at radius 1 is 0.272 bits per heavy atom. The Morgan fingerprint density at radius 3 is 0.815 bits per heavy atom. The van der Waals surface area contributed by atoms with Gasteiger partial charge in [0, 0.05) is 38.1 Å². The van der Waals surface area contributed by atoms with Crippen LogP contribution in [0, 0.1) is 41.5 Å². The average Bonchev–Trinajstić information content (AvgIpc) is 4.24. The first-order valence-electron chi connectivity index (χ1n) is 31.9. The molecule has 9 fully saturated rings. The predicted octanol–water partition coefficient (Wildman–Crippen LogP) is 12.2. The highest BCUT2D eigenvalue weighted by molar-refractivity contribution is 6.62. The molecule has 0 spiro atoms. The molecular formula is C63H102B6O12. The number of aryl methyl sites for hydroxylation is 6. The van der Waals surface area contributed by atoms with Gasteiger partial charge in [0.2, 0.25) is 0 Å². The van der Waals surface area contributed by atoms with Gasteiger partial charge < -0.3 is 55.9 Å². The molecule has 3 saturated carbocycles. The van der Waals surface area contributed by atoms with Crippen molar-refractivity contribution < 1.29 is 55.9 Å². The van der Waals surface area contributed by atoms with E-state index < -0.39 is 0 Å². The molecule has 0 bridgehead atoms. The van der Waals surface area contributed by atoms with Crippen LogP contribution in [0.3, 0.4) is 0 Å². The van der Waals surface area contributed by atoms with E-state index >= 15 is 0 Å². The van der Waals surface area contributed by atoms with Crippen LogP contribution in [0.1, 0.15) is 190 Å². The second kappa shape index (κ2) is 34.6. The van der Waals surface area contributed by atoms with Gasteiger partial charge in [-0.25, -0.2) is 0 Å². The Morgan fingerprint density at radius 2 is 0.531 bits per heavy atom. The lowest BCUT2D eigenvalue weighted by Gasteiger charge is -2.32. The normalized spacial score (nSPS) is 26.7. The average molecular weight is 1120 g/mol. The summed E-state index contributed by atoms with van der Waals surface area (Å²) in [6.45, 7) is 29.9. The minimum absolute atomic E-state index is 0.115. The van der Waals surface area contributed by atoms with Crippen molar-refractivity contribution in [2.24, 2.45) is 0 Å². The van der Waals surface area contributed by atoms with Crippen molar-refractivity contribution >= 4 is 59.1 Å². The van der Waals surface area contributed by atoms with Crippen LogP contribution in [0.4, 0.5) is 0 Å². The third kappa shape index (κ3) is 23.1. The Balaban J connectivity index is 0.000000140. The number of hydrogen-bond donors (Lipinski definition) is 0. The highest BCUT2D eigenvalue weighted by Gasteiger charge is 2.39. The van der Waals surface area contributed by atoms with Crippen LogP contribution < -0.4 is 16.4 Å². The number of hydrogen-bond acceptors (Lipinski definition) is 12. The quantitative estimate of drug-likeness (QED) is 0.219. The van der Waals surface area contributed by atoms with Crippen LogP contribution in [0.15, 0.2) is 54.6 Å². The molecule has 0 radical (unpaired) electrons. The second-order valence-electron chi connectivity index (χ2n) is 25.2. The lowest BCUT2D eigenvalue weighted by atomic mass is 9.64. The van der Waals surface area contributed by atoms with Gasteiger partial charge in [-0.3, -0.25) is 0 Å². The zero-order valence-electron chi connectivity index (χ0n) is 52.2. The van der Waals surface area contributed by atoms with Crippen LogP contribution in [0.25, 0.3) is 0 Å². The molecule has 3 aliphatic carbocycles. The Bertz CT molecular complexity index is 2100. The maximum absolute atomic E-state index is 5.80. The zero-order chi connectivity index (χ0) is 57.7. The summed E-state index contributed by atoms with van der Waals surface area (Å²) < 4.78 is 67.9. The van der Waals surface area contributed by atoms with Crippen molar-refractivity contribution in [3.8, 4) is 0 Å². The molecule has 6 saturated heterocycles. The van der Waals surface area contributed by atoms with E-state index in [2.05, 4.69) is 131 Å². The number of rotatable bonds is 6. The minimum Gasteiger partial charge on any atom is -0.411 e. The van der Waals surface area contributed by atoms with E-state index in [0.29, 0.717) is 54.6 Å². The summed E-state index contributed by atoms with van der Waals surface area (Å²) >= 11 is 0. The minimum atomic E-state index is -0.174. The Kier molecular flexibility index (Phi) is 28.3. The predicted molar refractivity (Wildman–Crippen MR) is 335 cm³/mol. The number of benzene rings is 3. The SMILES string of the molecule is CC1CCOB(C2CCCCC2)O1.CC1COB(C2CCCCC2)O1.CC1COB(C2CCCCC2)O1.Cc1cc(C)cc(B2OCC(C)O2)c1.Cc1cc(C)cc(B2OCCC(C)O2)c1.Cc1cc(C)cc(B2OCCC(C)O2)c1. The van der Waals surface area contributed by atoms with Gasteiger partial charge in [-0.05, 0) is 136 Å². The molecule has 18 heteroatoms. The molecule has 0 aromatic heterocycles. The monoisotopic (exact) mass is 1120 g/mol. The van der Waals surface area contributed by atoms with Crippen molar-refractivity contribution in [2.45, 2.75) is 253 Å². The molecule has 3 aromatic carbocycles. The van der Waals surface area contributed by atoms with Gasteiger partial charge in [0.15, 0.2) is 0 Å². The van der Waals surface area contributed by atoms with Gasteiger partial charge in [-0.2, -0.15) is 0 Å². The molecule has 444 valence electrons. The van der Waals surface area contributed by atoms with Crippen LogP contribution in [0.2, 0.25) is 17.5 Å². The van der Waals surface area contributed by atoms with Gasteiger partial charge in [0.1, 0.15) is 0 Å². The molecule has 12 rings (SSSR count). The first-order valence-corrected chi connectivity index (χ1v) is 31.9. The summed E-state index contributed by atoms with van der Waals surface area (Å²) in [4.78, 5) is 0. The molecule has 81 heavy (non-hydrogen) atoms. The topological polar surface area (TPSA) is 111 Å². The molecular weight excluding hydrogens is 1010 g/mol. The molecule has 6 heterocycles. The lowest BCUT2D eigenvalue weighted by Crippen LogP contribution is -2.44. The van der Waals surface area contributed by atoms with Gasteiger partial charge >= 0.3 is 42.7 Å². The summed E-state index contributed by atoms with van der Waals surface area (Å²) in [5.74, 6) is 2.05. The molecule has 12 nitrogen and oxygen atoms in total. The maximum atomic E-state index is 5.80. The van der Waals surface area contributed by atoms with E-state index in [1.807, 2.05) is 6.92 Å². The van der Waals surface area contributed by atoms with Gasteiger partial charge in [0.05, 0.1) is 38.1 Å². The smallest absolute Gasteiger partial charge is 0.411 e. The van der Waals surface area contributed by atoms with Crippen molar-refractivity contribution in [2.75, 3.05) is 39.6 Å². The zero-order valence-corrected chi connectivity index (χ0v) is 52.2. The molecule has 6 atom stereocenters. The first kappa shape index (κ1) is 66.1. The van der Waals surface area contributed by atoms with Crippen molar-refractivity contribution in [1.82, 2.24) is 0 Å². The van der Waals surface area contributed by atoms with Crippen LogP contribution in [0.5, 0.6) is 0 Å². The van der Waals surface area contributed by atoms with E-state index in [9.17, 15) is 0 Å². The van der Waals surface area contributed by atoms with Crippen LogP contribution >= 0.6 is 0 Å². The molecule has 6 unspecified atom stereocenters. The van der Waals surface area contributed by atoms with Crippen LogP contribution in [-0.4, -0.2) is 119 Å². The third-order valence-electron chi connectivity index (χ3n) is 16.7. The van der Waals surface area contributed by atoms with E-state index in [1.165, 1.54) is 130 Å². The van der Waals surface area contributed by atoms with E-state index in [-0.39, 0.29) is 48.8 Å². The van der Waals surface area contributed by atoms with Crippen molar-refractivity contribution in [1.29, 1.82) is 0 Å². The van der Waals surface area contributed by atoms with Crippen molar-refractivity contribution in [3.05, 3.63) is 88.0 Å². The van der Waals surface area contributed by atoms with Crippen molar-refractivity contribution in [3.63, 3.8) is 0 Å². The fourth-order valence-corrected chi connectivity index (χ4v) is 12.5. The first-order chi connectivity index (χ1) is 39.0. The van der Waals surface area contributed by atoms with Gasteiger partial charge in [-0.15, -0.1) is 0 Å². The molecule has 3 aromatic rings. The van der Waals surface area contributed by atoms with Gasteiger partial charge in [-0.1, -0.05) is 184 Å². The standard InChI is InChI=1S/2C12H17BO2.C11H15BO2.C10H19BO2.2C9H17BO2/c2*1-9-6-10(2)8-12(7-9)13-14-5-4-11(3)15-13;1-8-4-9(2)6-11(5-8)12-13-7-10(3)14-12;1-9-7-8-12-11(13-9)10-5-3-2-4-6-10;2*1-8-7-11-10(12-8)9-5-3-2-4-6-9/h2*6-8,11H,4-5H2,1-3H3;4-6,10H,7H2,1-3H3;9-10H,2-8H2,1H3;2*8-9H,2-7H2,1H3. The third-order valence-corrected chi connectivity index (χ3v) is 16.7. The summed E-state index contributed by atoms with van der Waals surface area (Å²) in [6, 6.07) is 19.3. The fourth-order valence-electron chi connectivity index (χ4n) is 12.5. The summed E-state index contributed by atoms with van der Waals surface area (Å²) in [7, 11) is -0.145. The van der Waals surface area contributed by atoms with Crippen LogP contribution in [-0.2, 0) is 55.9 Å². The highest BCUT2D eigenvalue weighted by atomic mass is 16.7. The fraction of sp³-hybridized carbons (Fsp3) is 0.714. The largest absolute Gasteiger partial charge is 0.494 e. The summed E-state index contributed by atoms with van der Waals surface area (Å²) in [5, 5.41) is 0. The highest BCUT2D eigenvalue weighted by Crippen LogP contribution is 2.36. The van der Waals surface area contributed by atoms with E-state index in [1.54, 1.807) is 0 Å². The summed E-state index contributed by atoms with van der Waals surface area (Å²) in [5.41, 5.74) is 11.0. The molecule has 0 amide bonds. The summed E-state index contributed by atoms with van der Waals surface area (Å²) in [6.07, 6.45) is 25.1. The van der Waals surface area contributed by atoms with E-state index in [0.717, 1.165) is 68.7 Å². The molecule has 0 N–H and O–H groups in total. The van der Waals surface area contributed by atoms with Gasteiger partial charge in [0.25, 0.3) is 0 Å². The Hall–Kier alpha value is -2.43. The molecule has 9 aliphatic rings. The van der Waals surface area contributed by atoms with E-state index in [4.69, 9.17) is 55.9 Å². The Labute approximate surface area is 493 Å². The molecule has 6 aliphatic heterocycles. The lowest BCUT2D eigenvalue weighted by molar-refractivity contribution is 0.0695. The maximum Gasteiger partial charge on any atom is 0.494 e.